The maximum absolute atomic E-state index is 12.6. The van der Waals surface area contributed by atoms with E-state index in [1.54, 1.807) is 13.2 Å². The molecular formula is C23H15NO3S. The lowest BCUT2D eigenvalue weighted by Gasteiger charge is -2.04. The Kier molecular flexibility index (Phi) is 3.95. The number of thiazole rings is 1. The summed E-state index contributed by atoms with van der Waals surface area (Å²) in [4.78, 5) is 17.3. The molecule has 0 N–H and O–H groups in total. The number of hydrogen-bond acceptors (Lipinski definition) is 5. The lowest BCUT2D eigenvalue weighted by Crippen LogP contribution is -2.03. The van der Waals surface area contributed by atoms with E-state index >= 15 is 0 Å². The highest BCUT2D eigenvalue weighted by atomic mass is 32.1. The minimum absolute atomic E-state index is 0.420. The standard InChI is InChI=1S/C23H15NO3S/c1-26-20-8-4-7-17-12-18(23(25)27-21(17)20)22-24-19(13-28-22)16-10-9-14-5-2-3-6-15(14)11-16/h2-13H,1H3. The van der Waals surface area contributed by atoms with Crippen LogP contribution < -0.4 is 10.4 Å². The van der Waals surface area contributed by atoms with Crippen molar-refractivity contribution in [2.75, 3.05) is 7.11 Å². The zero-order chi connectivity index (χ0) is 19.1. The molecule has 2 aromatic heterocycles. The van der Waals surface area contributed by atoms with Gasteiger partial charge in [-0.3, -0.25) is 0 Å². The third-order valence-corrected chi connectivity index (χ3v) is 5.60. The number of methoxy groups -OCH3 is 1. The Bertz CT molecular complexity index is 1380. The Labute approximate surface area is 164 Å². The number of aromatic nitrogens is 1. The number of hydrogen-bond donors (Lipinski definition) is 0. The topological polar surface area (TPSA) is 52.3 Å². The molecule has 0 radical (unpaired) electrons. The molecule has 0 atom stereocenters. The minimum Gasteiger partial charge on any atom is -0.493 e. The van der Waals surface area contributed by atoms with Crippen molar-refractivity contribution in [2.24, 2.45) is 0 Å². The average molecular weight is 385 g/mol. The molecule has 0 aliphatic carbocycles. The van der Waals surface area contributed by atoms with Crippen LogP contribution in [0.3, 0.4) is 0 Å². The summed E-state index contributed by atoms with van der Waals surface area (Å²) in [6.07, 6.45) is 0. The first-order valence-electron chi connectivity index (χ1n) is 8.79. The van der Waals surface area contributed by atoms with Gasteiger partial charge in [0.2, 0.25) is 0 Å². The first-order valence-corrected chi connectivity index (χ1v) is 9.67. The molecule has 0 bridgehead atoms. The van der Waals surface area contributed by atoms with Crippen molar-refractivity contribution in [3.63, 3.8) is 0 Å². The Morgan fingerprint density at radius 2 is 1.75 bits per heavy atom. The molecule has 5 heteroatoms. The predicted octanol–water partition coefficient (Wildman–Crippen LogP) is 5.75. The van der Waals surface area contributed by atoms with E-state index in [1.165, 1.54) is 16.7 Å². The summed E-state index contributed by atoms with van der Waals surface area (Å²) in [7, 11) is 1.55. The summed E-state index contributed by atoms with van der Waals surface area (Å²) in [5.41, 5.74) is 2.35. The average Bonchev–Trinajstić information content (AvgIpc) is 3.22. The fourth-order valence-corrected chi connectivity index (χ4v) is 4.14. The van der Waals surface area contributed by atoms with Crippen LogP contribution in [0.4, 0.5) is 0 Å². The first kappa shape index (κ1) is 16.7. The van der Waals surface area contributed by atoms with E-state index in [0.717, 1.165) is 22.0 Å². The second-order valence-electron chi connectivity index (χ2n) is 6.43. The van der Waals surface area contributed by atoms with Crippen LogP contribution in [0.15, 0.2) is 81.3 Å². The number of fused-ring (bicyclic) bond motifs is 2. The van der Waals surface area contributed by atoms with Crippen molar-refractivity contribution >= 4 is 33.1 Å². The van der Waals surface area contributed by atoms with Gasteiger partial charge in [-0.05, 0) is 29.0 Å². The molecule has 4 nitrogen and oxygen atoms in total. The minimum atomic E-state index is -0.420. The van der Waals surface area contributed by atoms with E-state index in [0.29, 0.717) is 21.9 Å². The lowest BCUT2D eigenvalue weighted by atomic mass is 10.1. The largest absolute Gasteiger partial charge is 0.493 e. The van der Waals surface area contributed by atoms with Gasteiger partial charge in [0.1, 0.15) is 5.01 Å². The number of rotatable bonds is 3. The summed E-state index contributed by atoms with van der Waals surface area (Å²) in [6.45, 7) is 0. The molecule has 5 aromatic rings. The van der Waals surface area contributed by atoms with Crippen LogP contribution in [0.25, 0.3) is 43.6 Å². The second-order valence-corrected chi connectivity index (χ2v) is 7.28. The molecule has 2 heterocycles. The van der Waals surface area contributed by atoms with Gasteiger partial charge in [0.25, 0.3) is 0 Å². The summed E-state index contributed by atoms with van der Waals surface area (Å²) < 4.78 is 10.8. The Morgan fingerprint density at radius 3 is 2.61 bits per heavy atom. The van der Waals surface area contributed by atoms with Crippen molar-refractivity contribution < 1.29 is 9.15 Å². The lowest BCUT2D eigenvalue weighted by molar-refractivity contribution is 0.407. The fourth-order valence-electron chi connectivity index (χ4n) is 3.31. The number of para-hydroxylation sites is 1. The highest BCUT2D eigenvalue weighted by Gasteiger charge is 2.14. The molecule has 0 spiro atoms. The van der Waals surface area contributed by atoms with Crippen LogP contribution in [0.5, 0.6) is 5.75 Å². The van der Waals surface area contributed by atoms with Gasteiger partial charge in [-0.25, -0.2) is 9.78 Å². The van der Waals surface area contributed by atoms with Gasteiger partial charge in [-0.15, -0.1) is 11.3 Å². The van der Waals surface area contributed by atoms with E-state index in [4.69, 9.17) is 14.1 Å². The summed E-state index contributed by atoms with van der Waals surface area (Å²) in [6, 6.07) is 21.8. The Hall–Kier alpha value is -3.44. The normalized spacial score (nSPS) is 11.2. The molecule has 0 saturated heterocycles. The zero-order valence-electron chi connectivity index (χ0n) is 15.0. The van der Waals surface area contributed by atoms with Gasteiger partial charge in [-0.2, -0.15) is 0 Å². The monoisotopic (exact) mass is 385 g/mol. The smallest absolute Gasteiger partial charge is 0.346 e. The van der Waals surface area contributed by atoms with Crippen LogP contribution in [0.1, 0.15) is 0 Å². The molecule has 0 aliphatic heterocycles. The molecule has 5 rings (SSSR count). The maximum atomic E-state index is 12.6. The van der Waals surface area contributed by atoms with Crippen LogP contribution >= 0.6 is 11.3 Å². The highest BCUT2D eigenvalue weighted by molar-refractivity contribution is 7.13. The highest BCUT2D eigenvalue weighted by Crippen LogP contribution is 2.32. The molecule has 28 heavy (non-hydrogen) atoms. The fraction of sp³-hybridized carbons (Fsp3) is 0.0435. The van der Waals surface area contributed by atoms with Crippen molar-refractivity contribution in [1.82, 2.24) is 4.98 Å². The van der Waals surface area contributed by atoms with Crippen molar-refractivity contribution in [2.45, 2.75) is 0 Å². The summed E-state index contributed by atoms with van der Waals surface area (Å²) in [5, 5.41) is 5.75. The van der Waals surface area contributed by atoms with Gasteiger partial charge in [-0.1, -0.05) is 48.5 Å². The van der Waals surface area contributed by atoms with Gasteiger partial charge in [0.05, 0.1) is 18.4 Å². The van der Waals surface area contributed by atoms with Gasteiger partial charge in [0.15, 0.2) is 11.3 Å². The van der Waals surface area contributed by atoms with Crippen molar-refractivity contribution in [1.29, 1.82) is 0 Å². The SMILES string of the molecule is COc1cccc2cc(-c3nc(-c4ccc5ccccc5c4)cs3)c(=O)oc12. The van der Waals surface area contributed by atoms with E-state index < -0.39 is 5.63 Å². The molecular weight excluding hydrogens is 370 g/mol. The van der Waals surface area contributed by atoms with Gasteiger partial charge in [0, 0.05) is 16.3 Å². The van der Waals surface area contributed by atoms with Crippen molar-refractivity contribution in [3.05, 3.63) is 82.5 Å². The van der Waals surface area contributed by atoms with Crippen LogP contribution in [0.2, 0.25) is 0 Å². The van der Waals surface area contributed by atoms with E-state index in [2.05, 4.69) is 30.3 Å². The maximum Gasteiger partial charge on any atom is 0.346 e. The molecule has 0 aliphatic rings. The third kappa shape index (κ3) is 2.77. The third-order valence-electron chi connectivity index (χ3n) is 4.72. The number of ether oxygens (including phenoxy) is 1. The molecule has 0 fully saturated rings. The Balaban J connectivity index is 1.60. The molecule has 0 saturated carbocycles. The molecule has 3 aromatic carbocycles. The van der Waals surface area contributed by atoms with Gasteiger partial charge >= 0.3 is 5.63 Å². The molecule has 0 unspecified atom stereocenters. The van der Waals surface area contributed by atoms with Crippen LogP contribution in [-0.2, 0) is 0 Å². The van der Waals surface area contributed by atoms with Crippen molar-refractivity contribution in [3.8, 4) is 27.6 Å². The molecule has 136 valence electrons. The Morgan fingerprint density at radius 1 is 0.929 bits per heavy atom. The van der Waals surface area contributed by atoms with Crippen LogP contribution in [0, 0.1) is 0 Å². The quantitative estimate of drug-likeness (QED) is 0.371. The van der Waals surface area contributed by atoms with E-state index in [9.17, 15) is 4.79 Å². The molecule has 0 amide bonds. The van der Waals surface area contributed by atoms with Gasteiger partial charge < -0.3 is 9.15 Å². The number of nitrogens with zero attached hydrogens (tertiary/aromatic N) is 1. The number of benzene rings is 3. The summed E-state index contributed by atoms with van der Waals surface area (Å²) in [5.74, 6) is 0.539. The van der Waals surface area contributed by atoms with E-state index in [-0.39, 0.29) is 0 Å². The van der Waals surface area contributed by atoms with E-state index in [1.807, 2.05) is 35.7 Å². The van der Waals surface area contributed by atoms with Crippen LogP contribution in [-0.4, -0.2) is 12.1 Å². The zero-order valence-corrected chi connectivity index (χ0v) is 15.8. The predicted molar refractivity (Wildman–Crippen MR) is 113 cm³/mol. The summed E-state index contributed by atoms with van der Waals surface area (Å²) >= 11 is 1.43. The first-order chi connectivity index (χ1) is 13.7. The second kappa shape index (κ2) is 6.62.